The van der Waals surface area contributed by atoms with Crippen molar-refractivity contribution in [1.29, 1.82) is 10.5 Å². The van der Waals surface area contributed by atoms with Crippen LogP contribution in [0.1, 0.15) is 39.5 Å². The summed E-state index contributed by atoms with van der Waals surface area (Å²) in [7, 11) is -33.5. The second-order valence-corrected chi connectivity index (χ2v) is 29.6. The molecule has 4 unspecified atom stereocenters. The maximum atomic E-state index is 9.87. The summed E-state index contributed by atoms with van der Waals surface area (Å²) in [6.45, 7) is 29.5. The molecule has 6 aliphatic heterocycles. The molecule has 0 aliphatic carbocycles. The molecule has 46 heteroatoms. The number of aromatic nitrogens is 6. The predicted molar refractivity (Wildman–Crippen MR) is 311 cm³/mol. The van der Waals surface area contributed by atoms with Gasteiger partial charge in [-0.05, 0) is 130 Å². The van der Waals surface area contributed by atoms with Crippen LogP contribution < -0.4 is 9.36 Å². The van der Waals surface area contributed by atoms with E-state index in [0.29, 0.717) is 0 Å². The van der Waals surface area contributed by atoms with Gasteiger partial charge in [0.2, 0.25) is 0 Å². The van der Waals surface area contributed by atoms with Crippen LogP contribution in [-0.2, 0) is 59.2 Å². The van der Waals surface area contributed by atoms with Gasteiger partial charge in [0.15, 0.2) is 22.1 Å². The van der Waals surface area contributed by atoms with E-state index in [1.165, 1.54) is 114 Å². The van der Waals surface area contributed by atoms with Crippen LogP contribution in [0, 0.1) is 22.7 Å². The van der Waals surface area contributed by atoms with E-state index in [1.54, 1.807) is 12.1 Å². The molecule has 2 aromatic carbocycles. The molecule has 16 nitrogen and oxygen atoms in total. The Morgan fingerprint density at radius 2 is 0.511 bits per heavy atom. The van der Waals surface area contributed by atoms with Crippen LogP contribution in [0.3, 0.4) is 0 Å². The fourth-order valence-electron chi connectivity index (χ4n) is 9.15. The third kappa shape index (κ3) is 60.1. The minimum Gasteiger partial charge on any atom is 0 e. The third-order valence-electron chi connectivity index (χ3n) is 13.1. The summed E-state index contributed by atoms with van der Waals surface area (Å²) in [6, 6.07) is 20.9. The largest absolute Gasteiger partial charge is 0 e. The third-order valence-corrected chi connectivity index (χ3v) is 13.1. The molecule has 2 aromatic heterocycles. The van der Waals surface area contributed by atoms with Crippen molar-refractivity contribution in [2.75, 3.05) is 159 Å². The van der Waals surface area contributed by atoms with E-state index in [4.69, 9.17) is 21.0 Å². The molecule has 2 saturated heterocycles. The Morgan fingerprint density at radius 3 is 0.734 bits per heavy atom. The maximum absolute atomic E-state index is 10.7. The molecule has 6 aliphatic rings. The molecule has 0 spiro atoms. The van der Waals surface area contributed by atoms with E-state index in [9.17, 15) is 101 Å². The monoisotopic (exact) mass is 1580 g/mol. The van der Waals surface area contributed by atoms with Crippen LogP contribution in [0.15, 0.2) is 48.5 Å². The Balaban J connectivity index is 0. The number of rotatable bonds is 0. The van der Waals surface area contributed by atoms with E-state index in [-0.39, 0.29) is 33.0 Å². The number of hydrogen-bond donors (Lipinski definition) is 0. The van der Waals surface area contributed by atoms with E-state index in [0.717, 1.165) is 105 Å². The van der Waals surface area contributed by atoms with Gasteiger partial charge < -0.3 is 19.6 Å². The first-order chi connectivity index (χ1) is 41.0. The number of nitrogens with zero attached hydrogens (tertiary/aromatic N) is 16. The maximum Gasteiger partial charge on any atom is 0 e. The molecule has 4 aromatic rings. The summed E-state index contributed by atoms with van der Waals surface area (Å²) in [4.78, 5) is 20.6. The molecule has 0 N–H and O–H groups in total. The quantitative estimate of drug-likeness (QED) is 0.0722. The van der Waals surface area contributed by atoms with Crippen molar-refractivity contribution in [3.8, 4) is 12.1 Å². The summed E-state index contributed by atoms with van der Waals surface area (Å²) in [5.74, 6) is 0. The molecule has 8 heterocycles. The van der Waals surface area contributed by atoms with Crippen molar-refractivity contribution in [2.24, 2.45) is 0 Å². The number of hydrogen-bond acceptors (Lipinski definition) is 12. The average molecular weight is 1580 g/mol. The van der Waals surface area contributed by atoms with Crippen molar-refractivity contribution >= 4 is 53.3 Å². The number of likely N-dealkylation sites (N-methyl/N-ethyl adjacent to an activating group) is 4. The van der Waals surface area contributed by atoms with Gasteiger partial charge in [-0.2, -0.15) is 10.5 Å². The van der Waals surface area contributed by atoms with Gasteiger partial charge in [0, 0.05) is 125 Å². The second-order valence-electron chi connectivity index (χ2n) is 21.9. The van der Waals surface area contributed by atoms with Gasteiger partial charge in [0.05, 0.1) is 22.6 Å². The van der Waals surface area contributed by atoms with E-state index in [2.05, 4.69) is 135 Å². The van der Waals surface area contributed by atoms with E-state index >= 15 is 0 Å². The molecule has 0 saturated carbocycles. The summed E-state index contributed by atoms with van der Waals surface area (Å²) in [5, 5.41) is 24.6. The van der Waals surface area contributed by atoms with Crippen molar-refractivity contribution in [1.82, 2.24) is 59.0 Å². The zero-order valence-corrected chi connectivity index (χ0v) is 57.6. The van der Waals surface area contributed by atoms with Gasteiger partial charge in [-0.3, -0.25) is 19.6 Å². The molecule has 10 rings (SSSR count). The summed E-state index contributed by atoms with van der Waals surface area (Å²) < 4.78 is 246. The molecule has 564 valence electrons. The minimum absolute atomic E-state index is 0. The van der Waals surface area contributed by atoms with Gasteiger partial charge >= 0.3 is 132 Å². The van der Waals surface area contributed by atoms with Gasteiger partial charge in [-0.25, -0.2) is 0 Å². The molecule has 4 atom stereocenters. The molecule has 8 bridgehead atoms. The standard InChI is InChI=1S/2C22H38N7.2C2H3N.4F6P.2Ni/c2*1-24-9-5-11-27-16-14-25(2)10-6-12-26(15-13-24)17-19-28-21-7-3-4-8-22(21)29(23-28)20-18-27;2*1-2-3;4*1-7(2,3,4,5)6;;/h2*3-4,7-8H,5-6,9-20H2,1-2H3;2*1H3;;;;;;/q2*+1;;;4*-1;;. The van der Waals surface area contributed by atoms with Gasteiger partial charge in [0.1, 0.15) is 26.2 Å². The molecular weight excluding hydrogens is 1500 g/mol. The van der Waals surface area contributed by atoms with Crippen LogP contribution in [-0.4, -0.2) is 218 Å². The average Bonchev–Trinajstić information content (AvgIpc) is 1.32. The molecule has 0 amide bonds. The first-order valence-electron chi connectivity index (χ1n) is 28.2. The number of fused-ring (bicyclic) bond motifs is 26. The fourth-order valence-corrected chi connectivity index (χ4v) is 9.15. The first kappa shape index (κ1) is 93.0. The first-order valence-corrected chi connectivity index (χ1v) is 36.3. The Kier molecular flexibility index (Phi) is 33.5. The second kappa shape index (κ2) is 33.9. The van der Waals surface area contributed by atoms with Crippen LogP contribution in [0.4, 0.5) is 101 Å². The van der Waals surface area contributed by atoms with Crippen LogP contribution in [0.25, 0.3) is 22.1 Å². The van der Waals surface area contributed by atoms with Gasteiger partial charge in [-0.15, -0.1) is 18.7 Å². The summed E-state index contributed by atoms with van der Waals surface area (Å²) in [5.41, 5.74) is 5.04. The summed E-state index contributed by atoms with van der Waals surface area (Å²) >= 11 is 0. The van der Waals surface area contributed by atoms with Crippen molar-refractivity contribution in [2.45, 2.75) is 65.7 Å². The summed E-state index contributed by atoms with van der Waals surface area (Å²) in [6.07, 6.45) is 4.94. The van der Waals surface area contributed by atoms with Crippen molar-refractivity contribution in [3.63, 3.8) is 0 Å². The normalized spacial score (nSPS) is 23.6. The number of nitriles is 2. The SMILES string of the molecule is CC#N.CC#N.CN1CCCN2CCN(C)CCCN(CC1)CCn1n[n+](c3ccccc31)CC2.CN1CCCN2CCN(C)CCCN(CC1)CCn1n[n+](c3ccccc31)CC2.F[P-](F)(F)(F)(F)F.F[P-](F)(F)(F)(F)F.F[P-](F)(F)(F)(F)F.F[P-](F)(F)(F)(F)F.[Ni].[Ni]. The number of halogens is 24. The van der Waals surface area contributed by atoms with Gasteiger partial charge in [-0.1, -0.05) is 24.3 Å². The van der Waals surface area contributed by atoms with Crippen LogP contribution in [0.5, 0.6) is 0 Å². The Bertz CT molecular complexity index is 2550. The molecule has 94 heavy (non-hydrogen) atoms. The molecule has 0 radical (unpaired) electrons. The zero-order chi connectivity index (χ0) is 71.2. The molecular formula is C48H82F24N16Ni2P4-2. The van der Waals surface area contributed by atoms with Crippen LogP contribution >= 0.6 is 31.2 Å². The topological polar surface area (TPSA) is 117 Å². The van der Waals surface area contributed by atoms with Crippen molar-refractivity contribution in [3.05, 3.63) is 48.5 Å². The number of benzene rings is 2. The molecule has 2 fully saturated rings. The minimum atomic E-state index is -10.7. The Labute approximate surface area is 549 Å². The van der Waals surface area contributed by atoms with Crippen LogP contribution in [0.2, 0.25) is 0 Å². The fraction of sp³-hybridized carbons (Fsp3) is 0.708. The van der Waals surface area contributed by atoms with Gasteiger partial charge in [0.25, 0.3) is 0 Å². The predicted octanol–water partition coefficient (Wildman–Crippen LogP) is 15.8. The zero-order valence-electron chi connectivity index (χ0n) is 52.1. The van der Waals surface area contributed by atoms with E-state index in [1.807, 2.05) is 0 Å². The van der Waals surface area contributed by atoms with Crippen molar-refractivity contribution < 1.29 is 143 Å². The smallest absolute Gasteiger partial charge is 0 e. The Hall–Kier alpha value is -3.07. The Morgan fingerprint density at radius 1 is 0.319 bits per heavy atom. The number of para-hydroxylation sites is 4. The van der Waals surface area contributed by atoms with E-state index < -0.39 is 31.2 Å².